The van der Waals surface area contributed by atoms with E-state index in [0.29, 0.717) is 36.9 Å². The Kier molecular flexibility index (Phi) is 8.30. The van der Waals surface area contributed by atoms with E-state index < -0.39 is 0 Å². The van der Waals surface area contributed by atoms with Crippen molar-refractivity contribution in [3.63, 3.8) is 0 Å². The number of carbonyl (C=O) groups excluding carboxylic acids is 2. The number of hydrogen-bond donors (Lipinski definition) is 1. The second kappa shape index (κ2) is 9.98. The summed E-state index contributed by atoms with van der Waals surface area (Å²) in [4.78, 5) is 30.7. The van der Waals surface area contributed by atoms with E-state index in [-0.39, 0.29) is 11.8 Å². The fourth-order valence-corrected chi connectivity index (χ4v) is 2.26. The van der Waals surface area contributed by atoms with Crippen molar-refractivity contribution in [2.24, 2.45) is 5.92 Å². The molecular formula is C18H29N3O2. The van der Waals surface area contributed by atoms with E-state index in [1.807, 2.05) is 13.8 Å². The molecule has 0 aliphatic rings. The summed E-state index contributed by atoms with van der Waals surface area (Å²) in [6.07, 6.45) is 2.73. The minimum absolute atomic E-state index is 0.106. The van der Waals surface area contributed by atoms with Gasteiger partial charge in [0, 0.05) is 19.6 Å². The third-order valence-corrected chi connectivity index (χ3v) is 3.48. The summed E-state index contributed by atoms with van der Waals surface area (Å²) in [6.45, 7) is 10.3. The van der Waals surface area contributed by atoms with E-state index in [0.717, 1.165) is 19.3 Å². The summed E-state index contributed by atoms with van der Waals surface area (Å²) in [5.41, 5.74) is 0.635. The molecule has 0 spiro atoms. The monoisotopic (exact) mass is 319 g/mol. The van der Waals surface area contributed by atoms with Crippen LogP contribution in [0, 0.1) is 5.92 Å². The molecule has 23 heavy (non-hydrogen) atoms. The molecule has 0 radical (unpaired) electrons. The topological polar surface area (TPSA) is 62.3 Å². The molecule has 1 aromatic heterocycles. The average Bonchev–Trinajstić information content (AvgIpc) is 2.53. The molecule has 0 aliphatic heterocycles. The predicted molar refractivity (Wildman–Crippen MR) is 92.5 cm³/mol. The lowest BCUT2D eigenvalue weighted by Crippen LogP contribution is -2.33. The van der Waals surface area contributed by atoms with Crippen molar-refractivity contribution >= 4 is 11.8 Å². The average molecular weight is 319 g/mol. The van der Waals surface area contributed by atoms with Crippen molar-refractivity contribution in [2.75, 3.05) is 19.6 Å². The van der Waals surface area contributed by atoms with Crippen LogP contribution in [0.25, 0.3) is 0 Å². The lowest BCUT2D eigenvalue weighted by Gasteiger charge is -2.21. The first kappa shape index (κ1) is 19.1. The Labute approximate surface area is 139 Å². The maximum atomic E-state index is 12.5. The summed E-state index contributed by atoms with van der Waals surface area (Å²) in [6, 6.07) is 5.03. The molecule has 1 N–H and O–H groups in total. The summed E-state index contributed by atoms with van der Waals surface area (Å²) in [5.74, 6) is 0.205. The van der Waals surface area contributed by atoms with E-state index in [9.17, 15) is 9.59 Å². The minimum Gasteiger partial charge on any atom is -0.351 e. The van der Waals surface area contributed by atoms with E-state index >= 15 is 0 Å². The van der Waals surface area contributed by atoms with Gasteiger partial charge in [-0.2, -0.15) is 0 Å². The fourth-order valence-electron chi connectivity index (χ4n) is 2.26. The third kappa shape index (κ3) is 6.38. The maximum Gasteiger partial charge on any atom is 0.272 e. The first-order valence-electron chi connectivity index (χ1n) is 8.54. The van der Waals surface area contributed by atoms with Gasteiger partial charge < -0.3 is 10.2 Å². The van der Waals surface area contributed by atoms with Crippen LogP contribution in [0.2, 0.25) is 0 Å². The number of nitrogens with zero attached hydrogens (tertiary/aromatic N) is 2. The normalized spacial score (nSPS) is 10.7. The molecule has 0 aromatic carbocycles. The van der Waals surface area contributed by atoms with Gasteiger partial charge >= 0.3 is 0 Å². The Morgan fingerprint density at radius 2 is 1.74 bits per heavy atom. The lowest BCUT2D eigenvalue weighted by atomic mass is 10.1. The second-order valence-corrected chi connectivity index (χ2v) is 6.14. The van der Waals surface area contributed by atoms with Crippen LogP contribution in [0.5, 0.6) is 0 Å². The van der Waals surface area contributed by atoms with Crippen LogP contribution in [0.3, 0.4) is 0 Å². The zero-order valence-corrected chi connectivity index (χ0v) is 14.8. The van der Waals surface area contributed by atoms with Gasteiger partial charge in [-0.1, -0.05) is 33.8 Å². The minimum atomic E-state index is -0.224. The van der Waals surface area contributed by atoms with Crippen LogP contribution in [-0.4, -0.2) is 41.3 Å². The van der Waals surface area contributed by atoms with Crippen LogP contribution < -0.4 is 5.32 Å². The number of amides is 2. The molecular weight excluding hydrogens is 290 g/mol. The molecule has 5 nitrogen and oxygen atoms in total. The van der Waals surface area contributed by atoms with Crippen molar-refractivity contribution in [2.45, 2.75) is 47.0 Å². The third-order valence-electron chi connectivity index (χ3n) is 3.48. The summed E-state index contributed by atoms with van der Waals surface area (Å²) in [5, 5.41) is 2.85. The molecule has 2 amide bonds. The van der Waals surface area contributed by atoms with Crippen LogP contribution in [0.4, 0.5) is 0 Å². The highest BCUT2D eigenvalue weighted by atomic mass is 16.2. The molecule has 1 heterocycles. The van der Waals surface area contributed by atoms with Crippen molar-refractivity contribution in [1.82, 2.24) is 15.2 Å². The van der Waals surface area contributed by atoms with Crippen LogP contribution in [0.15, 0.2) is 18.2 Å². The summed E-state index contributed by atoms with van der Waals surface area (Å²) >= 11 is 0. The van der Waals surface area contributed by atoms with Crippen LogP contribution in [0.1, 0.15) is 67.9 Å². The molecule has 0 saturated carbocycles. The summed E-state index contributed by atoms with van der Waals surface area (Å²) < 4.78 is 0. The number of pyridine rings is 1. The SMILES string of the molecule is CCCN(CCC)C(=O)c1cccc(C(=O)NCCC(C)C)n1. The Bertz CT molecular complexity index is 509. The van der Waals surface area contributed by atoms with Crippen LogP contribution >= 0.6 is 0 Å². The summed E-state index contributed by atoms with van der Waals surface area (Å²) in [7, 11) is 0. The Balaban J connectivity index is 2.78. The quantitative estimate of drug-likeness (QED) is 0.760. The standard InChI is InChI=1S/C18H29N3O2/c1-5-12-21(13-6-2)18(23)16-9-7-8-15(20-16)17(22)19-11-10-14(3)4/h7-9,14H,5-6,10-13H2,1-4H3,(H,19,22). The Hall–Kier alpha value is -1.91. The van der Waals surface area contributed by atoms with Crippen molar-refractivity contribution in [3.8, 4) is 0 Å². The van der Waals surface area contributed by atoms with Gasteiger partial charge in [-0.05, 0) is 37.3 Å². The van der Waals surface area contributed by atoms with Gasteiger partial charge in [-0.15, -0.1) is 0 Å². The van der Waals surface area contributed by atoms with Gasteiger partial charge in [-0.25, -0.2) is 4.98 Å². The molecule has 0 fully saturated rings. The largest absolute Gasteiger partial charge is 0.351 e. The van der Waals surface area contributed by atoms with Crippen molar-refractivity contribution < 1.29 is 9.59 Å². The van der Waals surface area contributed by atoms with Gasteiger partial charge in [0.25, 0.3) is 11.8 Å². The number of rotatable bonds is 9. The molecule has 5 heteroatoms. The Morgan fingerprint density at radius 1 is 1.13 bits per heavy atom. The van der Waals surface area contributed by atoms with Gasteiger partial charge in [0.15, 0.2) is 0 Å². The van der Waals surface area contributed by atoms with Crippen molar-refractivity contribution in [3.05, 3.63) is 29.6 Å². The van der Waals surface area contributed by atoms with Gasteiger partial charge in [-0.3, -0.25) is 9.59 Å². The van der Waals surface area contributed by atoms with E-state index in [2.05, 4.69) is 24.1 Å². The Morgan fingerprint density at radius 3 is 2.30 bits per heavy atom. The van der Waals surface area contributed by atoms with Crippen molar-refractivity contribution in [1.29, 1.82) is 0 Å². The van der Waals surface area contributed by atoms with E-state index in [4.69, 9.17) is 0 Å². The van der Waals surface area contributed by atoms with Gasteiger partial charge in [0.2, 0.25) is 0 Å². The molecule has 0 atom stereocenters. The molecule has 0 saturated heterocycles. The molecule has 0 bridgehead atoms. The smallest absolute Gasteiger partial charge is 0.272 e. The first-order valence-corrected chi connectivity index (χ1v) is 8.54. The van der Waals surface area contributed by atoms with Crippen LogP contribution in [-0.2, 0) is 0 Å². The highest BCUT2D eigenvalue weighted by Crippen LogP contribution is 2.06. The number of hydrogen-bond acceptors (Lipinski definition) is 3. The molecule has 0 aliphatic carbocycles. The molecule has 1 rings (SSSR count). The zero-order valence-electron chi connectivity index (χ0n) is 14.8. The maximum absolute atomic E-state index is 12.5. The fraction of sp³-hybridized carbons (Fsp3) is 0.611. The lowest BCUT2D eigenvalue weighted by molar-refractivity contribution is 0.0749. The first-order chi connectivity index (χ1) is 11.0. The number of nitrogens with one attached hydrogen (secondary N) is 1. The molecule has 0 unspecified atom stereocenters. The molecule has 128 valence electrons. The van der Waals surface area contributed by atoms with Gasteiger partial charge in [0.05, 0.1) is 0 Å². The van der Waals surface area contributed by atoms with Gasteiger partial charge in [0.1, 0.15) is 11.4 Å². The molecule has 1 aromatic rings. The van der Waals surface area contributed by atoms with E-state index in [1.54, 1.807) is 23.1 Å². The second-order valence-electron chi connectivity index (χ2n) is 6.14. The van der Waals surface area contributed by atoms with E-state index in [1.165, 1.54) is 0 Å². The number of aromatic nitrogens is 1. The number of carbonyl (C=O) groups is 2. The highest BCUT2D eigenvalue weighted by molar-refractivity contribution is 5.96. The predicted octanol–water partition coefficient (Wildman–Crippen LogP) is 3.12. The highest BCUT2D eigenvalue weighted by Gasteiger charge is 2.17. The zero-order chi connectivity index (χ0) is 17.2.